The molecule has 0 saturated carbocycles. The quantitative estimate of drug-likeness (QED) is 0.754. The van der Waals surface area contributed by atoms with Gasteiger partial charge in [-0.2, -0.15) is 0 Å². The van der Waals surface area contributed by atoms with Crippen LogP contribution in [0.1, 0.15) is 30.5 Å². The summed E-state index contributed by atoms with van der Waals surface area (Å²) in [5.74, 6) is 0. The lowest BCUT2D eigenvalue weighted by Crippen LogP contribution is -2.35. The van der Waals surface area contributed by atoms with E-state index in [1.807, 2.05) is 0 Å². The van der Waals surface area contributed by atoms with Gasteiger partial charge in [0.05, 0.1) is 0 Å². The number of aliphatic hydroxyl groups is 1. The van der Waals surface area contributed by atoms with Gasteiger partial charge in [0.2, 0.25) is 0 Å². The third kappa shape index (κ3) is 4.39. The van der Waals surface area contributed by atoms with Crippen molar-refractivity contribution in [3.05, 3.63) is 33.8 Å². The maximum absolute atomic E-state index is 8.89. The fraction of sp³-hybridized carbons (Fsp3) is 0.538. The van der Waals surface area contributed by atoms with Gasteiger partial charge >= 0.3 is 0 Å². The number of hydrogen-bond donors (Lipinski definition) is 3. The number of nitrogens with one attached hydrogen (secondary N) is 1. The SMILES string of the molecule is Cc1ccc(C(CN)NC(C)CCO)cc1Br. The van der Waals surface area contributed by atoms with Gasteiger partial charge in [0.1, 0.15) is 0 Å². The summed E-state index contributed by atoms with van der Waals surface area (Å²) in [5.41, 5.74) is 8.19. The summed E-state index contributed by atoms with van der Waals surface area (Å²) >= 11 is 3.53. The molecule has 1 aromatic carbocycles. The van der Waals surface area contributed by atoms with Gasteiger partial charge in [-0.25, -0.2) is 0 Å². The van der Waals surface area contributed by atoms with Crippen LogP contribution < -0.4 is 11.1 Å². The van der Waals surface area contributed by atoms with Crippen molar-refractivity contribution in [1.82, 2.24) is 5.32 Å². The normalized spacial score (nSPS) is 14.6. The van der Waals surface area contributed by atoms with E-state index in [9.17, 15) is 0 Å². The minimum atomic E-state index is 0.133. The van der Waals surface area contributed by atoms with Crippen molar-refractivity contribution >= 4 is 15.9 Å². The first kappa shape index (κ1) is 14.6. The molecule has 0 bridgehead atoms. The lowest BCUT2D eigenvalue weighted by molar-refractivity contribution is 0.263. The molecule has 0 spiro atoms. The lowest BCUT2D eigenvalue weighted by atomic mass is 10.0. The number of aliphatic hydroxyl groups excluding tert-OH is 1. The Kier molecular flexibility index (Phi) is 6.12. The molecule has 0 amide bonds. The Morgan fingerprint density at radius 2 is 2.18 bits per heavy atom. The molecule has 2 unspecified atom stereocenters. The van der Waals surface area contributed by atoms with Crippen molar-refractivity contribution in [1.29, 1.82) is 0 Å². The highest BCUT2D eigenvalue weighted by Gasteiger charge is 2.13. The molecule has 0 aliphatic heterocycles. The Balaban J connectivity index is 2.75. The molecule has 1 aromatic rings. The van der Waals surface area contributed by atoms with E-state index in [1.54, 1.807) is 0 Å². The fourth-order valence-corrected chi connectivity index (χ4v) is 2.14. The van der Waals surface area contributed by atoms with Crippen LogP contribution in [-0.2, 0) is 0 Å². The van der Waals surface area contributed by atoms with Crippen LogP contribution in [-0.4, -0.2) is 24.3 Å². The molecule has 1 rings (SSSR count). The van der Waals surface area contributed by atoms with Gasteiger partial charge in [0.15, 0.2) is 0 Å². The minimum absolute atomic E-state index is 0.133. The van der Waals surface area contributed by atoms with Crippen LogP contribution in [0.25, 0.3) is 0 Å². The van der Waals surface area contributed by atoms with Crippen molar-refractivity contribution in [3.63, 3.8) is 0 Å². The molecule has 0 aliphatic rings. The maximum atomic E-state index is 8.89. The summed E-state index contributed by atoms with van der Waals surface area (Å²) in [4.78, 5) is 0. The third-order valence-corrected chi connectivity index (χ3v) is 3.74. The summed E-state index contributed by atoms with van der Waals surface area (Å²) in [6, 6.07) is 6.67. The van der Waals surface area contributed by atoms with E-state index >= 15 is 0 Å². The van der Waals surface area contributed by atoms with Gasteiger partial charge in [-0.05, 0) is 37.5 Å². The first-order valence-corrected chi connectivity index (χ1v) is 6.70. The molecule has 0 saturated heterocycles. The average Bonchev–Trinajstić information content (AvgIpc) is 2.30. The Morgan fingerprint density at radius 1 is 1.47 bits per heavy atom. The van der Waals surface area contributed by atoms with E-state index in [2.05, 4.69) is 53.3 Å². The van der Waals surface area contributed by atoms with Crippen LogP contribution in [0.5, 0.6) is 0 Å². The van der Waals surface area contributed by atoms with E-state index in [1.165, 1.54) is 11.1 Å². The van der Waals surface area contributed by atoms with Crippen LogP contribution in [0.2, 0.25) is 0 Å². The zero-order chi connectivity index (χ0) is 12.8. The number of aryl methyl sites for hydroxylation is 1. The fourth-order valence-electron chi connectivity index (χ4n) is 1.75. The predicted octanol–water partition coefficient (Wildman–Crippen LogP) is 2.12. The van der Waals surface area contributed by atoms with Crippen LogP contribution in [0.4, 0.5) is 0 Å². The molecule has 2 atom stereocenters. The smallest absolute Gasteiger partial charge is 0.0446 e. The average molecular weight is 301 g/mol. The molecule has 0 radical (unpaired) electrons. The summed E-state index contributed by atoms with van der Waals surface area (Å²) in [6.45, 7) is 4.86. The molecule has 4 N–H and O–H groups in total. The van der Waals surface area contributed by atoms with Crippen molar-refractivity contribution in [2.24, 2.45) is 5.73 Å². The Bertz CT molecular complexity index is 357. The highest BCUT2D eigenvalue weighted by Crippen LogP contribution is 2.22. The van der Waals surface area contributed by atoms with E-state index in [0.29, 0.717) is 6.54 Å². The van der Waals surface area contributed by atoms with E-state index < -0.39 is 0 Å². The van der Waals surface area contributed by atoms with E-state index in [-0.39, 0.29) is 18.7 Å². The molecular weight excluding hydrogens is 280 g/mol. The number of halogens is 1. The van der Waals surface area contributed by atoms with E-state index in [0.717, 1.165) is 10.9 Å². The number of nitrogens with two attached hydrogens (primary N) is 1. The first-order valence-electron chi connectivity index (χ1n) is 5.91. The first-order chi connectivity index (χ1) is 8.08. The zero-order valence-electron chi connectivity index (χ0n) is 10.4. The molecule has 4 heteroatoms. The summed E-state index contributed by atoms with van der Waals surface area (Å²) < 4.78 is 1.10. The highest BCUT2D eigenvalue weighted by atomic mass is 79.9. The molecule has 0 heterocycles. The topological polar surface area (TPSA) is 58.3 Å². The van der Waals surface area contributed by atoms with Gasteiger partial charge in [0.25, 0.3) is 0 Å². The van der Waals surface area contributed by atoms with Gasteiger partial charge in [-0.15, -0.1) is 0 Å². The maximum Gasteiger partial charge on any atom is 0.0446 e. The Labute approximate surface area is 112 Å². The summed E-state index contributed by atoms with van der Waals surface area (Å²) in [5, 5.41) is 12.3. The zero-order valence-corrected chi connectivity index (χ0v) is 12.0. The lowest BCUT2D eigenvalue weighted by Gasteiger charge is -2.22. The van der Waals surface area contributed by atoms with Gasteiger partial charge in [-0.1, -0.05) is 28.1 Å². The predicted molar refractivity (Wildman–Crippen MR) is 75.0 cm³/mol. The standard InChI is InChI=1S/C13H21BrN2O/c1-9-3-4-11(7-12(9)14)13(8-15)16-10(2)5-6-17/h3-4,7,10,13,16-17H,5-6,8,15H2,1-2H3. The summed E-state index contributed by atoms with van der Waals surface area (Å²) in [6.07, 6.45) is 0.740. The summed E-state index contributed by atoms with van der Waals surface area (Å²) in [7, 11) is 0. The molecule has 0 fully saturated rings. The van der Waals surface area contributed by atoms with Gasteiger partial charge in [0, 0.05) is 29.7 Å². The highest BCUT2D eigenvalue weighted by molar-refractivity contribution is 9.10. The molecular formula is C13H21BrN2O. The van der Waals surface area contributed by atoms with Crippen molar-refractivity contribution < 1.29 is 5.11 Å². The second kappa shape index (κ2) is 7.11. The number of rotatable bonds is 6. The van der Waals surface area contributed by atoms with Gasteiger partial charge in [-0.3, -0.25) is 0 Å². The molecule has 17 heavy (non-hydrogen) atoms. The van der Waals surface area contributed by atoms with E-state index in [4.69, 9.17) is 10.8 Å². The van der Waals surface area contributed by atoms with Crippen LogP contribution in [0.3, 0.4) is 0 Å². The van der Waals surface area contributed by atoms with Crippen molar-refractivity contribution in [2.45, 2.75) is 32.4 Å². The molecule has 0 aliphatic carbocycles. The minimum Gasteiger partial charge on any atom is -0.396 e. The molecule has 0 aromatic heterocycles. The van der Waals surface area contributed by atoms with Crippen molar-refractivity contribution in [3.8, 4) is 0 Å². The third-order valence-electron chi connectivity index (χ3n) is 2.88. The van der Waals surface area contributed by atoms with Gasteiger partial charge < -0.3 is 16.2 Å². The second-order valence-corrected chi connectivity index (χ2v) is 5.23. The van der Waals surface area contributed by atoms with Crippen LogP contribution in [0.15, 0.2) is 22.7 Å². The number of benzene rings is 1. The number of hydrogen-bond acceptors (Lipinski definition) is 3. The second-order valence-electron chi connectivity index (χ2n) is 4.38. The molecule has 3 nitrogen and oxygen atoms in total. The van der Waals surface area contributed by atoms with Crippen LogP contribution in [0, 0.1) is 6.92 Å². The molecule has 96 valence electrons. The largest absolute Gasteiger partial charge is 0.396 e. The Hall–Kier alpha value is -0.420. The monoisotopic (exact) mass is 300 g/mol. The van der Waals surface area contributed by atoms with Crippen molar-refractivity contribution in [2.75, 3.05) is 13.2 Å². The van der Waals surface area contributed by atoms with Crippen LogP contribution >= 0.6 is 15.9 Å². The Morgan fingerprint density at radius 3 is 2.71 bits per heavy atom.